The molecule has 0 bridgehead atoms. The molecule has 0 spiro atoms. The van der Waals surface area contributed by atoms with Crippen molar-refractivity contribution in [2.24, 2.45) is 5.92 Å². The van der Waals surface area contributed by atoms with Crippen LogP contribution in [-0.2, 0) is 9.84 Å². The monoisotopic (exact) mass is 378 g/mol. The van der Waals surface area contributed by atoms with Crippen molar-refractivity contribution in [1.82, 2.24) is 9.80 Å². The maximum absolute atomic E-state index is 13.1. The molecule has 2 saturated heterocycles. The molecule has 1 amide bonds. The molecule has 0 N–H and O–H groups in total. The second-order valence-corrected chi connectivity index (χ2v) is 9.99. The van der Waals surface area contributed by atoms with Gasteiger partial charge in [0.2, 0.25) is 0 Å². The Kier molecular flexibility index (Phi) is 4.47. The van der Waals surface area contributed by atoms with Gasteiger partial charge >= 0.3 is 0 Å². The number of amides is 1. The number of fused-ring (bicyclic) bond motifs is 1. The van der Waals surface area contributed by atoms with Crippen LogP contribution in [0.4, 0.5) is 0 Å². The number of carbonyl (C=O) groups excluding carboxylic acids is 1. The molecule has 0 radical (unpaired) electrons. The first-order chi connectivity index (χ1) is 12.4. The standard InChI is InChI=1S/C19H26N2O4S/c1-13-9-15(5-6-18(13)25-2)19(22)21-8-7-20(10-14-3-4-14)16-11-26(23,24)12-17(16)21/h5-6,9,14,16-17H,3-4,7-8,10-12H2,1-2H3/t16-,17+/m1/s1. The molecule has 4 rings (SSSR count). The molecule has 6 nitrogen and oxygen atoms in total. The molecular formula is C19H26N2O4S. The van der Waals surface area contributed by atoms with E-state index in [2.05, 4.69) is 4.90 Å². The van der Waals surface area contributed by atoms with Crippen LogP contribution in [0.2, 0.25) is 0 Å². The van der Waals surface area contributed by atoms with Gasteiger partial charge in [-0.05, 0) is 49.4 Å². The van der Waals surface area contributed by atoms with E-state index < -0.39 is 9.84 Å². The van der Waals surface area contributed by atoms with E-state index in [0.717, 1.165) is 24.4 Å². The number of hydrogen-bond donors (Lipinski definition) is 0. The van der Waals surface area contributed by atoms with Crippen LogP contribution in [0.15, 0.2) is 18.2 Å². The van der Waals surface area contributed by atoms with Gasteiger partial charge in [-0.15, -0.1) is 0 Å². The van der Waals surface area contributed by atoms with Gasteiger partial charge in [0.25, 0.3) is 5.91 Å². The number of nitrogens with zero attached hydrogens (tertiary/aromatic N) is 2. The summed E-state index contributed by atoms with van der Waals surface area (Å²) in [6.45, 7) is 4.23. The Balaban J connectivity index is 1.58. The largest absolute Gasteiger partial charge is 0.496 e. The molecule has 2 atom stereocenters. The number of hydrogen-bond acceptors (Lipinski definition) is 5. The zero-order valence-corrected chi connectivity index (χ0v) is 16.2. The number of ether oxygens (including phenoxy) is 1. The maximum atomic E-state index is 13.1. The van der Waals surface area contributed by atoms with E-state index in [1.807, 2.05) is 13.0 Å². The van der Waals surface area contributed by atoms with Gasteiger partial charge in [-0.2, -0.15) is 0 Å². The number of sulfone groups is 1. The van der Waals surface area contributed by atoms with Crippen LogP contribution < -0.4 is 4.74 Å². The Bertz CT molecular complexity index is 819. The highest BCUT2D eigenvalue weighted by Gasteiger charge is 2.48. The lowest BCUT2D eigenvalue weighted by atomic mass is 10.0. The van der Waals surface area contributed by atoms with Crippen LogP contribution in [0.1, 0.15) is 28.8 Å². The molecule has 0 aromatic heterocycles. The van der Waals surface area contributed by atoms with Crippen LogP contribution in [0.25, 0.3) is 0 Å². The van der Waals surface area contributed by atoms with Crippen molar-refractivity contribution >= 4 is 15.7 Å². The molecule has 2 heterocycles. The number of benzene rings is 1. The Morgan fingerprint density at radius 2 is 1.92 bits per heavy atom. The highest BCUT2D eigenvalue weighted by molar-refractivity contribution is 7.91. The van der Waals surface area contributed by atoms with Gasteiger partial charge in [-0.3, -0.25) is 9.69 Å². The van der Waals surface area contributed by atoms with Crippen molar-refractivity contribution < 1.29 is 17.9 Å². The third-order valence-electron chi connectivity index (χ3n) is 5.88. The highest BCUT2D eigenvalue weighted by atomic mass is 32.2. The summed E-state index contributed by atoms with van der Waals surface area (Å²) < 4.78 is 29.9. The Labute approximate surface area is 155 Å². The molecule has 142 valence electrons. The number of rotatable bonds is 4. The van der Waals surface area contributed by atoms with Gasteiger partial charge in [0, 0.05) is 31.2 Å². The normalized spacial score (nSPS) is 28.0. The van der Waals surface area contributed by atoms with Crippen molar-refractivity contribution in [3.05, 3.63) is 29.3 Å². The summed E-state index contributed by atoms with van der Waals surface area (Å²) in [5, 5.41) is 0. The average Bonchev–Trinajstić information content (AvgIpc) is 3.34. The predicted octanol–water partition coefficient (Wildman–Crippen LogP) is 1.34. The molecule has 2 aliphatic heterocycles. The summed E-state index contributed by atoms with van der Waals surface area (Å²) in [5.41, 5.74) is 1.50. The van der Waals surface area contributed by atoms with Crippen molar-refractivity contribution in [2.75, 3.05) is 38.2 Å². The lowest BCUT2D eigenvalue weighted by Gasteiger charge is -2.44. The Morgan fingerprint density at radius 1 is 1.19 bits per heavy atom. The van der Waals surface area contributed by atoms with Crippen molar-refractivity contribution in [1.29, 1.82) is 0 Å². The van der Waals surface area contributed by atoms with E-state index >= 15 is 0 Å². The SMILES string of the molecule is COc1ccc(C(=O)N2CCN(CC3CC3)[C@@H]3CS(=O)(=O)C[C@@H]32)cc1C. The van der Waals surface area contributed by atoms with E-state index in [4.69, 9.17) is 4.74 Å². The summed E-state index contributed by atoms with van der Waals surface area (Å²) >= 11 is 0. The highest BCUT2D eigenvalue weighted by Crippen LogP contribution is 2.34. The predicted molar refractivity (Wildman–Crippen MR) is 99.3 cm³/mol. The van der Waals surface area contributed by atoms with Gasteiger partial charge in [-0.1, -0.05) is 0 Å². The Hall–Kier alpha value is -1.60. The summed E-state index contributed by atoms with van der Waals surface area (Å²) in [7, 11) is -1.49. The third kappa shape index (κ3) is 3.34. The minimum absolute atomic E-state index is 0.0577. The molecule has 1 aromatic carbocycles. The van der Waals surface area contributed by atoms with E-state index in [-0.39, 0.29) is 29.5 Å². The van der Waals surface area contributed by atoms with E-state index in [9.17, 15) is 13.2 Å². The van der Waals surface area contributed by atoms with Crippen LogP contribution in [0, 0.1) is 12.8 Å². The van der Waals surface area contributed by atoms with Crippen molar-refractivity contribution in [3.8, 4) is 5.75 Å². The second kappa shape index (κ2) is 6.53. The summed E-state index contributed by atoms with van der Waals surface area (Å²) in [4.78, 5) is 17.2. The molecular weight excluding hydrogens is 352 g/mol. The number of piperazine rings is 1. The molecule has 7 heteroatoms. The zero-order valence-electron chi connectivity index (χ0n) is 15.3. The molecule has 1 aromatic rings. The summed E-state index contributed by atoms with van der Waals surface area (Å²) in [6, 6.07) is 5.11. The molecule has 1 saturated carbocycles. The van der Waals surface area contributed by atoms with Crippen molar-refractivity contribution in [3.63, 3.8) is 0 Å². The Morgan fingerprint density at radius 3 is 2.58 bits per heavy atom. The number of aryl methyl sites for hydroxylation is 1. The van der Waals surface area contributed by atoms with Gasteiger partial charge < -0.3 is 9.64 Å². The van der Waals surface area contributed by atoms with Crippen molar-refractivity contribution in [2.45, 2.75) is 31.8 Å². The number of methoxy groups -OCH3 is 1. The molecule has 3 aliphatic rings. The molecule has 0 unspecified atom stereocenters. The molecule has 3 fully saturated rings. The fourth-order valence-electron chi connectivity index (χ4n) is 4.31. The first-order valence-electron chi connectivity index (χ1n) is 9.28. The lowest BCUT2D eigenvalue weighted by Crippen LogP contribution is -2.60. The fourth-order valence-corrected chi connectivity index (χ4v) is 6.32. The van der Waals surface area contributed by atoms with Crippen LogP contribution in [0.5, 0.6) is 5.75 Å². The summed E-state index contributed by atoms with van der Waals surface area (Å²) in [5.74, 6) is 1.65. The van der Waals surface area contributed by atoms with E-state index in [0.29, 0.717) is 18.0 Å². The van der Waals surface area contributed by atoms with E-state index in [1.54, 1.807) is 24.1 Å². The smallest absolute Gasteiger partial charge is 0.254 e. The third-order valence-corrected chi connectivity index (χ3v) is 7.58. The van der Waals surface area contributed by atoms with E-state index in [1.165, 1.54) is 12.8 Å². The van der Waals surface area contributed by atoms with Gasteiger partial charge in [-0.25, -0.2) is 8.42 Å². The first kappa shape index (κ1) is 17.8. The van der Waals surface area contributed by atoms with Crippen LogP contribution in [-0.4, -0.2) is 74.5 Å². The quantitative estimate of drug-likeness (QED) is 0.791. The first-order valence-corrected chi connectivity index (χ1v) is 11.1. The minimum Gasteiger partial charge on any atom is -0.496 e. The topological polar surface area (TPSA) is 66.9 Å². The molecule has 26 heavy (non-hydrogen) atoms. The van der Waals surface area contributed by atoms with Crippen LogP contribution >= 0.6 is 0 Å². The minimum atomic E-state index is -3.10. The van der Waals surface area contributed by atoms with Crippen LogP contribution in [0.3, 0.4) is 0 Å². The second-order valence-electron chi connectivity index (χ2n) is 7.83. The average molecular weight is 378 g/mol. The van der Waals surface area contributed by atoms with Gasteiger partial charge in [0.1, 0.15) is 5.75 Å². The van der Waals surface area contributed by atoms with Gasteiger partial charge in [0.15, 0.2) is 9.84 Å². The summed E-state index contributed by atoms with van der Waals surface area (Å²) in [6.07, 6.45) is 2.49. The lowest BCUT2D eigenvalue weighted by molar-refractivity contribution is 0.0318. The zero-order chi connectivity index (χ0) is 18.5. The maximum Gasteiger partial charge on any atom is 0.254 e. The molecule has 1 aliphatic carbocycles. The fraction of sp³-hybridized carbons (Fsp3) is 0.632. The number of carbonyl (C=O) groups is 1. The van der Waals surface area contributed by atoms with Gasteiger partial charge in [0.05, 0.1) is 24.7 Å².